The molecular weight excluding hydrogens is 144 g/mol. The molecule has 0 unspecified atom stereocenters. The summed E-state index contributed by atoms with van der Waals surface area (Å²) in [5.41, 5.74) is 0. The number of methoxy groups -OCH3 is 1. The Bertz CT molecular complexity index is 159. The number of ether oxygens (including phenoxy) is 1. The molecule has 1 fully saturated rings. The summed E-state index contributed by atoms with van der Waals surface area (Å²) in [7, 11) is 1.40. The van der Waals surface area contributed by atoms with E-state index < -0.39 is 0 Å². The fraction of sp³-hybridized carbons (Fsp3) is 0.750. The maximum Gasteiger partial charge on any atom is 0.308 e. The summed E-state index contributed by atoms with van der Waals surface area (Å²) in [5.74, 6) is 0.355. The van der Waals surface area contributed by atoms with Gasteiger partial charge in [-0.3, -0.25) is 4.79 Å². The zero-order valence-electron chi connectivity index (χ0n) is 6.58. The normalized spacial score (nSPS) is 28.8. The molecule has 0 spiro atoms. The molecule has 0 aromatic rings. The Morgan fingerprint density at radius 2 is 2.27 bits per heavy atom. The summed E-state index contributed by atoms with van der Waals surface area (Å²) >= 11 is 0. The highest BCUT2D eigenvalue weighted by atomic mass is 16.5. The smallest absolute Gasteiger partial charge is 0.308 e. The van der Waals surface area contributed by atoms with Crippen molar-refractivity contribution in [2.24, 2.45) is 11.8 Å². The Balaban J connectivity index is 2.18. The van der Waals surface area contributed by atoms with Crippen LogP contribution in [0.2, 0.25) is 0 Å². The van der Waals surface area contributed by atoms with Crippen LogP contribution in [-0.2, 0) is 14.3 Å². The van der Waals surface area contributed by atoms with E-state index in [2.05, 4.69) is 4.74 Å². The third kappa shape index (κ3) is 1.79. The van der Waals surface area contributed by atoms with E-state index in [1.165, 1.54) is 7.11 Å². The molecule has 0 amide bonds. The number of carbonyl (C=O) groups is 2. The highest BCUT2D eigenvalue weighted by molar-refractivity contribution is 5.73. The van der Waals surface area contributed by atoms with E-state index in [0.717, 1.165) is 19.1 Å². The highest BCUT2D eigenvalue weighted by Gasteiger charge is 2.34. The Morgan fingerprint density at radius 1 is 1.64 bits per heavy atom. The lowest BCUT2D eigenvalue weighted by atomic mass is 9.73. The molecule has 0 atom stereocenters. The molecule has 1 aliphatic carbocycles. The summed E-state index contributed by atoms with van der Waals surface area (Å²) in [4.78, 5) is 20.9. The maximum absolute atomic E-state index is 10.8. The van der Waals surface area contributed by atoms with Crippen molar-refractivity contribution in [3.05, 3.63) is 0 Å². The van der Waals surface area contributed by atoms with Crippen LogP contribution in [0.5, 0.6) is 0 Å². The molecule has 62 valence electrons. The van der Waals surface area contributed by atoms with Gasteiger partial charge in [0.05, 0.1) is 13.0 Å². The SMILES string of the molecule is COC(=O)C1CC(CC=O)C1. The molecule has 3 heteroatoms. The Kier molecular flexibility index (Phi) is 2.63. The van der Waals surface area contributed by atoms with Gasteiger partial charge in [0.25, 0.3) is 0 Å². The van der Waals surface area contributed by atoms with Gasteiger partial charge in [-0.2, -0.15) is 0 Å². The number of rotatable bonds is 3. The molecule has 0 N–H and O–H groups in total. The average Bonchev–Trinajstić information content (AvgIpc) is 1.94. The van der Waals surface area contributed by atoms with E-state index in [4.69, 9.17) is 0 Å². The molecule has 11 heavy (non-hydrogen) atoms. The van der Waals surface area contributed by atoms with E-state index in [9.17, 15) is 9.59 Å². The van der Waals surface area contributed by atoms with Crippen LogP contribution in [0.15, 0.2) is 0 Å². The Hall–Kier alpha value is -0.860. The van der Waals surface area contributed by atoms with Crippen molar-refractivity contribution >= 4 is 12.3 Å². The van der Waals surface area contributed by atoms with Crippen molar-refractivity contribution < 1.29 is 14.3 Å². The van der Waals surface area contributed by atoms with Gasteiger partial charge in [0.2, 0.25) is 0 Å². The molecule has 0 aliphatic heterocycles. The van der Waals surface area contributed by atoms with Crippen LogP contribution < -0.4 is 0 Å². The minimum Gasteiger partial charge on any atom is -0.469 e. The minimum atomic E-state index is -0.132. The van der Waals surface area contributed by atoms with E-state index in [1.54, 1.807) is 0 Å². The lowest BCUT2D eigenvalue weighted by molar-refractivity contribution is -0.150. The second-order valence-electron chi connectivity index (χ2n) is 2.96. The van der Waals surface area contributed by atoms with Gasteiger partial charge in [0, 0.05) is 6.42 Å². The van der Waals surface area contributed by atoms with Gasteiger partial charge < -0.3 is 9.53 Å². The molecule has 1 aliphatic rings. The van der Waals surface area contributed by atoms with Crippen molar-refractivity contribution in [2.75, 3.05) is 7.11 Å². The molecular formula is C8H12O3. The highest BCUT2D eigenvalue weighted by Crippen LogP contribution is 2.35. The third-order valence-electron chi connectivity index (χ3n) is 2.20. The Morgan fingerprint density at radius 3 is 2.73 bits per heavy atom. The summed E-state index contributed by atoms with van der Waals surface area (Å²) in [5, 5.41) is 0. The molecule has 0 aromatic heterocycles. The van der Waals surface area contributed by atoms with Crippen LogP contribution in [0.4, 0.5) is 0 Å². The van der Waals surface area contributed by atoms with Crippen LogP contribution in [0.25, 0.3) is 0 Å². The lowest BCUT2D eigenvalue weighted by Gasteiger charge is -2.31. The van der Waals surface area contributed by atoms with Crippen LogP contribution in [0.1, 0.15) is 19.3 Å². The zero-order valence-corrected chi connectivity index (χ0v) is 6.58. The number of hydrogen-bond acceptors (Lipinski definition) is 3. The maximum atomic E-state index is 10.8. The molecule has 0 aromatic carbocycles. The van der Waals surface area contributed by atoms with Crippen LogP contribution in [0, 0.1) is 11.8 Å². The molecule has 1 saturated carbocycles. The predicted molar refractivity (Wildman–Crippen MR) is 38.9 cm³/mol. The van der Waals surface area contributed by atoms with E-state index in [1.807, 2.05) is 0 Å². The Labute approximate surface area is 65.7 Å². The molecule has 0 heterocycles. The van der Waals surface area contributed by atoms with Crippen LogP contribution in [-0.4, -0.2) is 19.4 Å². The number of carbonyl (C=O) groups excluding carboxylic acids is 2. The van der Waals surface area contributed by atoms with E-state index in [-0.39, 0.29) is 11.9 Å². The van der Waals surface area contributed by atoms with Gasteiger partial charge in [0.1, 0.15) is 6.29 Å². The monoisotopic (exact) mass is 156 g/mol. The molecule has 1 rings (SSSR count). The standard InChI is InChI=1S/C8H12O3/c1-11-8(10)7-4-6(5-7)2-3-9/h3,6-7H,2,4-5H2,1H3. The zero-order chi connectivity index (χ0) is 8.27. The number of esters is 1. The third-order valence-corrected chi connectivity index (χ3v) is 2.20. The van der Waals surface area contributed by atoms with Gasteiger partial charge in [-0.25, -0.2) is 0 Å². The van der Waals surface area contributed by atoms with Crippen LogP contribution >= 0.6 is 0 Å². The van der Waals surface area contributed by atoms with Gasteiger partial charge in [-0.1, -0.05) is 0 Å². The van der Waals surface area contributed by atoms with Crippen LogP contribution in [0.3, 0.4) is 0 Å². The first kappa shape index (κ1) is 8.24. The first-order valence-corrected chi connectivity index (χ1v) is 3.79. The van der Waals surface area contributed by atoms with Crippen molar-refractivity contribution in [3.8, 4) is 0 Å². The van der Waals surface area contributed by atoms with Gasteiger partial charge in [-0.05, 0) is 18.8 Å². The number of hydrogen-bond donors (Lipinski definition) is 0. The van der Waals surface area contributed by atoms with E-state index >= 15 is 0 Å². The number of aldehydes is 1. The fourth-order valence-corrected chi connectivity index (χ4v) is 1.42. The molecule has 3 nitrogen and oxygen atoms in total. The summed E-state index contributed by atoms with van der Waals surface area (Å²) < 4.78 is 4.55. The van der Waals surface area contributed by atoms with Gasteiger partial charge in [0.15, 0.2) is 0 Å². The van der Waals surface area contributed by atoms with Crippen molar-refractivity contribution in [1.82, 2.24) is 0 Å². The van der Waals surface area contributed by atoms with E-state index in [0.29, 0.717) is 12.3 Å². The second-order valence-corrected chi connectivity index (χ2v) is 2.96. The predicted octanol–water partition coefficient (Wildman–Crippen LogP) is 0.775. The lowest BCUT2D eigenvalue weighted by Crippen LogP contribution is -2.31. The summed E-state index contributed by atoms with van der Waals surface area (Å²) in [6.45, 7) is 0. The van der Waals surface area contributed by atoms with Crippen molar-refractivity contribution in [3.63, 3.8) is 0 Å². The van der Waals surface area contributed by atoms with Crippen molar-refractivity contribution in [1.29, 1.82) is 0 Å². The summed E-state index contributed by atoms with van der Waals surface area (Å²) in [6.07, 6.45) is 3.16. The molecule has 0 bridgehead atoms. The van der Waals surface area contributed by atoms with Crippen molar-refractivity contribution in [2.45, 2.75) is 19.3 Å². The second kappa shape index (κ2) is 3.51. The first-order valence-electron chi connectivity index (χ1n) is 3.79. The largest absolute Gasteiger partial charge is 0.469 e. The quantitative estimate of drug-likeness (QED) is 0.448. The van der Waals surface area contributed by atoms with Gasteiger partial charge >= 0.3 is 5.97 Å². The van der Waals surface area contributed by atoms with Gasteiger partial charge in [-0.15, -0.1) is 0 Å². The minimum absolute atomic E-state index is 0.0601. The first-order chi connectivity index (χ1) is 5.27. The molecule has 0 radical (unpaired) electrons. The fourth-order valence-electron chi connectivity index (χ4n) is 1.42. The summed E-state index contributed by atoms with van der Waals surface area (Å²) in [6, 6.07) is 0. The molecule has 0 saturated heterocycles. The topological polar surface area (TPSA) is 43.4 Å². The average molecular weight is 156 g/mol.